The van der Waals surface area contributed by atoms with E-state index in [4.69, 9.17) is 11.6 Å². The van der Waals surface area contributed by atoms with Crippen LogP contribution >= 0.6 is 11.6 Å². The molecule has 2 heterocycles. The molecule has 0 aliphatic rings. The van der Waals surface area contributed by atoms with Gasteiger partial charge in [0.1, 0.15) is 5.82 Å². The number of aryl methyl sites for hydroxylation is 2. The number of hydrogen-bond acceptors (Lipinski definition) is 4. The van der Waals surface area contributed by atoms with Gasteiger partial charge in [0.2, 0.25) is 5.95 Å². The number of hydrogen-bond donors (Lipinski definition) is 1. The monoisotopic (exact) mass is 234 g/mol. The Morgan fingerprint density at radius 2 is 2.06 bits per heavy atom. The van der Waals surface area contributed by atoms with Gasteiger partial charge in [-0.3, -0.25) is 0 Å². The van der Waals surface area contributed by atoms with E-state index in [1.165, 1.54) is 0 Å². The van der Waals surface area contributed by atoms with E-state index in [1.54, 1.807) is 12.4 Å². The number of halogens is 1. The normalized spacial score (nSPS) is 10.2. The van der Waals surface area contributed by atoms with E-state index >= 15 is 0 Å². The molecular weight excluding hydrogens is 224 g/mol. The van der Waals surface area contributed by atoms with Crippen LogP contribution in [0.3, 0.4) is 0 Å². The molecule has 0 aliphatic heterocycles. The molecule has 4 nitrogen and oxygen atoms in total. The third-order valence-electron chi connectivity index (χ3n) is 2.16. The van der Waals surface area contributed by atoms with Crippen molar-refractivity contribution >= 4 is 23.4 Å². The molecule has 0 fully saturated rings. The Bertz CT molecular complexity index is 513. The Hall–Kier alpha value is -1.68. The second-order valence-corrected chi connectivity index (χ2v) is 3.83. The van der Waals surface area contributed by atoms with E-state index in [0.29, 0.717) is 11.0 Å². The number of rotatable bonds is 2. The van der Waals surface area contributed by atoms with Crippen LogP contribution in [0.1, 0.15) is 11.3 Å². The van der Waals surface area contributed by atoms with Crippen molar-refractivity contribution in [3.05, 3.63) is 40.8 Å². The van der Waals surface area contributed by atoms with Crippen LogP contribution in [0.15, 0.2) is 24.5 Å². The summed E-state index contributed by atoms with van der Waals surface area (Å²) in [6.07, 6.45) is 3.29. The van der Waals surface area contributed by atoms with E-state index < -0.39 is 0 Å². The van der Waals surface area contributed by atoms with Crippen LogP contribution in [0.2, 0.25) is 5.02 Å². The maximum Gasteiger partial charge on any atom is 0.228 e. The van der Waals surface area contributed by atoms with Crippen molar-refractivity contribution < 1.29 is 0 Å². The van der Waals surface area contributed by atoms with Gasteiger partial charge in [-0.1, -0.05) is 17.7 Å². The quantitative estimate of drug-likeness (QED) is 0.868. The highest BCUT2D eigenvalue weighted by Gasteiger charge is 2.03. The Kier molecular flexibility index (Phi) is 3.01. The van der Waals surface area contributed by atoms with Gasteiger partial charge in [0, 0.05) is 6.20 Å². The van der Waals surface area contributed by atoms with Crippen LogP contribution in [0.5, 0.6) is 0 Å². The second-order valence-electron chi connectivity index (χ2n) is 3.42. The predicted molar refractivity (Wildman–Crippen MR) is 64.0 cm³/mol. The fraction of sp³-hybridized carbons (Fsp3) is 0.182. The van der Waals surface area contributed by atoms with Gasteiger partial charge in [0.05, 0.1) is 16.9 Å². The lowest BCUT2D eigenvalue weighted by Crippen LogP contribution is -2.01. The maximum atomic E-state index is 5.85. The minimum absolute atomic E-state index is 0.503. The predicted octanol–water partition coefficient (Wildman–Crippen LogP) is 2.89. The van der Waals surface area contributed by atoms with Gasteiger partial charge < -0.3 is 5.32 Å². The molecule has 0 bridgehead atoms. The molecule has 16 heavy (non-hydrogen) atoms. The molecule has 0 amide bonds. The SMILES string of the molecule is Cc1cccnc1Nc1ncc(Cl)c(C)n1. The first-order chi connectivity index (χ1) is 7.66. The Morgan fingerprint density at radius 1 is 1.25 bits per heavy atom. The summed E-state index contributed by atoms with van der Waals surface area (Å²) in [5, 5.41) is 3.61. The summed E-state index contributed by atoms with van der Waals surface area (Å²) in [5.74, 6) is 1.26. The van der Waals surface area contributed by atoms with E-state index in [2.05, 4.69) is 20.3 Å². The molecule has 0 atom stereocenters. The summed E-state index contributed by atoms with van der Waals surface area (Å²) in [6, 6.07) is 3.85. The molecule has 0 aliphatic carbocycles. The van der Waals surface area contributed by atoms with Gasteiger partial charge >= 0.3 is 0 Å². The van der Waals surface area contributed by atoms with Crippen molar-refractivity contribution in [1.82, 2.24) is 15.0 Å². The highest BCUT2D eigenvalue weighted by atomic mass is 35.5. The van der Waals surface area contributed by atoms with E-state index in [1.807, 2.05) is 26.0 Å². The largest absolute Gasteiger partial charge is 0.309 e. The number of nitrogens with one attached hydrogen (secondary N) is 1. The van der Waals surface area contributed by atoms with Crippen LogP contribution in [0.4, 0.5) is 11.8 Å². The number of aromatic nitrogens is 3. The number of anilines is 2. The van der Waals surface area contributed by atoms with Crippen LogP contribution < -0.4 is 5.32 Å². The maximum absolute atomic E-state index is 5.85. The Morgan fingerprint density at radius 3 is 2.75 bits per heavy atom. The zero-order valence-electron chi connectivity index (χ0n) is 9.03. The van der Waals surface area contributed by atoms with E-state index in [-0.39, 0.29) is 0 Å². The van der Waals surface area contributed by atoms with Crippen molar-refractivity contribution in [2.45, 2.75) is 13.8 Å². The Balaban J connectivity index is 2.28. The van der Waals surface area contributed by atoms with Crippen LogP contribution in [-0.4, -0.2) is 15.0 Å². The number of pyridine rings is 1. The van der Waals surface area contributed by atoms with Gasteiger partial charge in [-0.25, -0.2) is 15.0 Å². The molecule has 0 aromatic carbocycles. The first kappa shape index (κ1) is 10.8. The van der Waals surface area contributed by atoms with Gasteiger partial charge in [0.25, 0.3) is 0 Å². The van der Waals surface area contributed by atoms with Crippen molar-refractivity contribution in [2.24, 2.45) is 0 Å². The van der Waals surface area contributed by atoms with Crippen LogP contribution in [-0.2, 0) is 0 Å². The second kappa shape index (κ2) is 4.45. The summed E-state index contributed by atoms with van der Waals surface area (Å²) >= 11 is 5.85. The summed E-state index contributed by atoms with van der Waals surface area (Å²) in [5.41, 5.74) is 1.78. The van der Waals surface area contributed by atoms with Crippen molar-refractivity contribution in [1.29, 1.82) is 0 Å². The first-order valence-electron chi connectivity index (χ1n) is 4.84. The fourth-order valence-electron chi connectivity index (χ4n) is 1.24. The molecule has 0 spiro atoms. The molecular formula is C11H11ClN4. The molecule has 1 N–H and O–H groups in total. The zero-order valence-corrected chi connectivity index (χ0v) is 9.78. The summed E-state index contributed by atoms with van der Waals surface area (Å²) in [6.45, 7) is 3.80. The average Bonchev–Trinajstić information content (AvgIpc) is 2.27. The summed E-state index contributed by atoms with van der Waals surface area (Å²) < 4.78 is 0. The lowest BCUT2D eigenvalue weighted by atomic mass is 10.3. The van der Waals surface area contributed by atoms with Crippen LogP contribution in [0, 0.1) is 13.8 Å². The van der Waals surface area contributed by atoms with Gasteiger partial charge in [-0.2, -0.15) is 0 Å². The van der Waals surface area contributed by atoms with Crippen molar-refractivity contribution in [2.75, 3.05) is 5.32 Å². The lowest BCUT2D eigenvalue weighted by molar-refractivity contribution is 1.09. The highest BCUT2D eigenvalue weighted by Crippen LogP contribution is 2.17. The summed E-state index contributed by atoms with van der Waals surface area (Å²) in [7, 11) is 0. The van der Waals surface area contributed by atoms with Crippen LogP contribution in [0.25, 0.3) is 0 Å². The molecule has 0 saturated heterocycles. The molecule has 0 unspecified atom stereocenters. The van der Waals surface area contributed by atoms with E-state index in [0.717, 1.165) is 17.1 Å². The van der Waals surface area contributed by atoms with Gasteiger partial charge in [-0.05, 0) is 25.5 Å². The third kappa shape index (κ3) is 2.28. The topological polar surface area (TPSA) is 50.7 Å². The minimum atomic E-state index is 0.503. The molecule has 2 aromatic heterocycles. The smallest absolute Gasteiger partial charge is 0.228 e. The van der Waals surface area contributed by atoms with Gasteiger partial charge in [0.15, 0.2) is 0 Å². The van der Waals surface area contributed by atoms with Crippen molar-refractivity contribution in [3.8, 4) is 0 Å². The van der Waals surface area contributed by atoms with Crippen molar-refractivity contribution in [3.63, 3.8) is 0 Å². The minimum Gasteiger partial charge on any atom is -0.309 e. The summed E-state index contributed by atoms with van der Waals surface area (Å²) in [4.78, 5) is 12.5. The first-order valence-corrected chi connectivity index (χ1v) is 5.22. The zero-order chi connectivity index (χ0) is 11.5. The molecule has 5 heteroatoms. The average molecular weight is 235 g/mol. The van der Waals surface area contributed by atoms with E-state index in [9.17, 15) is 0 Å². The lowest BCUT2D eigenvalue weighted by Gasteiger charge is -2.07. The Labute approximate surface area is 98.7 Å². The third-order valence-corrected chi connectivity index (χ3v) is 2.53. The molecule has 0 saturated carbocycles. The molecule has 2 aromatic rings. The standard InChI is InChI=1S/C11H11ClN4/c1-7-4-3-5-13-10(7)16-11-14-6-9(12)8(2)15-11/h3-6H,1-2H3,(H,13,14,15,16). The molecule has 82 valence electrons. The van der Waals surface area contributed by atoms with Gasteiger partial charge in [-0.15, -0.1) is 0 Å². The molecule has 2 rings (SSSR count). The fourth-order valence-corrected chi connectivity index (χ4v) is 1.33. The highest BCUT2D eigenvalue weighted by molar-refractivity contribution is 6.31. The molecule has 0 radical (unpaired) electrons. The number of nitrogens with zero attached hydrogens (tertiary/aromatic N) is 3.